The highest BCUT2D eigenvalue weighted by molar-refractivity contribution is 5.68. The van der Waals surface area contributed by atoms with Gasteiger partial charge in [0.2, 0.25) is 0 Å². The van der Waals surface area contributed by atoms with Gasteiger partial charge in [-0.05, 0) is 12.1 Å². The van der Waals surface area contributed by atoms with Crippen molar-refractivity contribution in [1.29, 1.82) is 0 Å². The van der Waals surface area contributed by atoms with Gasteiger partial charge < -0.3 is 10.1 Å². The average molecular weight is 153 g/mol. The predicted molar refractivity (Wildman–Crippen MR) is 43.2 cm³/mol. The quantitative estimate of drug-likeness (QED) is 0.635. The summed E-state index contributed by atoms with van der Waals surface area (Å²) >= 11 is 0. The molecule has 3 heteroatoms. The van der Waals surface area contributed by atoms with E-state index in [2.05, 4.69) is 11.6 Å². The van der Waals surface area contributed by atoms with Gasteiger partial charge in [0.1, 0.15) is 0 Å². The Morgan fingerprint density at radius 2 is 2.09 bits per heavy atom. The third-order valence-electron chi connectivity index (χ3n) is 0.815. The van der Waals surface area contributed by atoms with Crippen LogP contribution in [0.5, 0.6) is 0 Å². The van der Waals surface area contributed by atoms with Crippen LogP contribution in [-0.4, -0.2) is 16.1 Å². The smallest absolute Gasteiger partial charge is 0.307 e. The standard InChI is InChI=1S/C4H5N.C4H6O2/c1-2-4-5-3-1;1-2-3-4(5)6/h1-5H;2H,1,3H2,(H,5,6). The van der Waals surface area contributed by atoms with E-state index in [9.17, 15) is 4.79 Å². The summed E-state index contributed by atoms with van der Waals surface area (Å²) in [6.07, 6.45) is 5.16. The van der Waals surface area contributed by atoms with Crippen LogP contribution in [0.25, 0.3) is 0 Å². The maximum atomic E-state index is 9.53. The number of hydrogen-bond donors (Lipinski definition) is 2. The van der Waals surface area contributed by atoms with Crippen LogP contribution in [0.3, 0.4) is 0 Å². The Bertz CT molecular complexity index is 175. The Hall–Kier alpha value is -1.51. The number of nitrogens with one attached hydrogen (secondary N) is 1. The van der Waals surface area contributed by atoms with Gasteiger partial charge in [0, 0.05) is 12.4 Å². The Kier molecular flexibility index (Phi) is 5.70. The zero-order valence-corrected chi connectivity index (χ0v) is 6.16. The monoisotopic (exact) mass is 153 g/mol. The van der Waals surface area contributed by atoms with Gasteiger partial charge >= 0.3 is 5.97 Å². The van der Waals surface area contributed by atoms with Crippen LogP contribution in [0, 0.1) is 0 Å². The van der Waals surface area contributed by atoms with Gasteiger partial charge in [0.25, 0.3) is 0 Å². The van der Waals surface area contributed by atoms with E-state index < -0.39 is 5.97 Å². The summed E-state index contributed by atoms with van der Waals surface area (Å²) in [5.41, 5.74) is 0. The molecule has 0 spiro atoms. The molecule has 3 nitrogen and oxygen atoms in total. The van der Waals surface area contributed by atoms with Crippen molar-refractivity contribution >= 4 is 5.97 Å². The summed E-state index contributed by atoms with van der Waals surface area (Å²) in [6.45, 7) is 3.22. The van der Waals surface area contributed by atoms with Crippen molar-refractivity contribution < 1.29 is 9.90 Å². The molecule has 0 atom stereocenters. The predicted octanol–water partition coefficient (Wildman–Crippen LogP) is 1.66. The molecule has 0 aliphatic carbocycles. The van der Waals surface area contributed by atoms with E-state index in [1.54, 1.807) is 0 Å². The normalized spacial score (nSPS) is 7.64. The fraction of sp³-hybridized carbons (Fsp3) is 0.125. The molecule has 0 aromatic carbocycles. The number of hydrogen-bond acceptors (Lipinski definition) is 1. The molecule has 0 unspecified atom stereocenters. The lowest BCUT2D eigenvalue weighted by Crippen LogP contribution is -1.88. The van der Waals surface area contributed by atoms with E-state index in [0.717, 1.165) is 0 Å². The molecule has 1 heterocycles. The maximum Gasteiger partial charge on any atom is 0.307 e. The highest BCUT2D eigenvalue weighted by Gasteiger charge is 1.84. The number of aromatic amines is 1. The minimum Gasteiger partial charge on any atom is -0.481 e. The molecule has 0 fully saturated rings. The van der Waals surface area contributed by atoms with Gasteiger partial charge in [-0.1, -0.05) is 6.08 Å². The zero-order chi connectivity index (χ0) is 8.53. The first-order valence-corrected chi connectivity index (χ1v) is 3.18. The largest absolute Gasteiger partial charge is 0.481 e. The number of carboxylic acids is 1. The minimum absolute atomic E-state index is 0.0556. The molecular weight excluding hydrogens is 142 g/mol. The third kappa shape index (κ3) is 8.49. The molecule has 0 aliphatic rings. The topological polar surface area (TPSA) is 53.1 Å². The van der Waals surface area contributed by atoms with E-state index in [1.807, 2.05) is 24.5 Å². The Balaban J connectivity index is 0.000000183. The van der Waals surface area contributed by atoms with E-state index >= 15 is 0 Å². The summed E-state index contributed by atoms with van der Waals surface area (Å²) < 4.78 is 0. The summed E-state index contributed by atoms with van der Waals surface area (Å²) in [5, 5.41) is 7.84. The van der Waals surface area contributed by atoms with Crippen molar-refractivity contribution in [1.82, 2.24) is 4.98 Å². The lowest BCUT2D eigenvalue weighted by atomic mass is 10.4. The number of aliphatic carboxylic acids is 1. The molecule has 0 saturated carbocycles. The number of carbonyl (C=O) groups is 1. The summed E-state index contributed by atoms with van der Waals surface area (Å²) in [7, 11) is 0. The Morgan fingerprint density at radius 3 is 2.18 bits per heavy atom. The van der Waals surface area contributed by atoms with Gasteiger partial charge in [0.05, 0.1) is 6.42 Å². The highest BCUT2D eigenvalue weighted by atomic mass is 16.4. The van der Waals surface area contributed by atoms with Gasteiger partial charge in [-0.25, -0.2) is 0 Å². The first kappa shape index (κ1) is 9.49. The average Bonchev–Trinajstić information content (AvgIpc) is 2.41. The van der Waals surface area contributed by atoms with Crippen molar-refractivity contribution in [2.75, 3.05) is 0 Å². The van der Waals surface area contributed by atoms with Crippen LogP contribution < -0.4 is 0 Å². The second-order valence-corrected chi connectivity index (χ2v) is 1.77. The van der Waals surface area contributed by atoms with Crippen molar-refractivity contribution in [3.63, 3.8) is 0 Å². The van der Waals surface area contributed by atoms with Gasteiger partial charge in [-0.2, -0.15) is 0 Å². The number of carboxylic acid groups (broad SMARTS) is 1. The van der Waals surface area contributed by atoms with Crippen molar-refractivity contribution in [3.05, 3.63) is 37.2 Å². The molecule has 2 N–H and O–H groups in total. The molecule has 0 bridgehead atoms. The van der Waals surface area contributed by atoms with Crippen molar-refractivity contribution in [2.45, 2.75) is 6.42 Å². The molecular formula is C8H11NO2. The van der Waals surface area contributed by atoms with Crippen LogP contribution in [0.1, 0.15) is 6.42 Å². The maximum absolute atomic E-state index is 9.53. The Labute approximate surface area is 65.4 Å². The Morgan fingerprint density at radius 1 is 1.55 bits per heavy atom. The van der Waals surface area contributed by atoms with Crippen LogP contribution >= 0.6 is 0 Å². The van der Waals surface area contributed by atoms with Crippen LogP contribution in [0.15, 0.2) is 37.2 Å². The fourth-order valence-electron chi connectivity index (χ4n) is 0.401. The molecule has 1 rings (SSSR count). The van der Waals surface area contributed by atoms with Crippen LogP contribution in [0.4, 0.5) is 0 Å². The van der Waals surface area contributed by atoms with Crippen LogP contribution in [-0.2, 0) is 4.79 Å². The minimum atomic E-state index is -0.829. The summed E-state index contributed by atoms with van der Waals surface area (Å²) in [6, 6.07) is 3.89. The molecule has 60 valence electrons. The molecule has 1 aromatic rings. The van der Waals surface area contributed by atoms with E-state index in [0.29, 0.717) is 0 Å². The summed E-state index contributed by atoms with van der Waals surface area (Å²) in [5.74, 6) is -0.829. The molecule has 0 amide bonds. The van der Waals surface area contributed by atoms with E-state index in [-0.39, 0.29) is 6.42 Å². The van der Waals surface area contributed by atoms with Gasteiger partial charge in [-0.3, -0.25) is 4.79 Å². The van der Waals surface area contributed by atoms with Gasteiger partial charge in [0.15, 0.2) is 0 Å². The second kappa shape index (κ2) is 6.61. The number of rotatable bonds is 2. The van der Waals surface area contributed by atoms with E-state index in [4.69, 9.17) is 5.11 Å². The molecule has 0 saturated heterocycles. The summed E-state index contributed by atoms with van der Waals surface area (Å²) in [4.78, 5) is 12.4. The first-order chi connectivity index (χ1) is 5.27. The molecule has 0 aliphatic heterocycles. The highest BCUT2D eigenvalue weighted by Crippen LogP contribution is 1.74. The SMILES string of the molecule is C=CCC(=O)O.c1cc[nH]c1. The zero-order valence-electron chi connectivity index (χ0n) is 6.16. The number of H-pyrrole nitrogens is 1. The fourth-order valence-corrected chi connectivity index (χ4v) is 0.401. The second-order valence-electron chi connectivity index (χ2n) is 1.77. The lowest BCUT2D eigenvalue weighted by molar-refractivity contribution is -0.135. The van der Waals surface area contributed by atoms with E-state index in [1.165, 1.54) is 6.08 Å². The molecule has 0 radical (unpaired) electrons. The van der Waals surface area contributed by atoms with Crippen LogP contribution in [0.2, 0.25) is 0 Å². The van der Waals surface area contributed by atoms with Crippen molar-refractivity contribution in [3.8, 4) is 0 Å². The number of aromatic nitrogens is 1. The van der Waals surface area contributed by atoms with Crippen molar-refractivity contribution in [2.24, 2.45) is 0 Å². The first-order valence-electron chi connectivity index (χ1n) is 3.18. The molecule has 11 heavy (non-hydrogen) atoms. The lowest BCUT2D eigenvalue weighted by Gasteiger charge is -1.75. The van der Waals surface area contributed by atoms with Gasteiger partial charge in [-0.15, -0.1) is 6.58 Å². The third-order valence-corrected chi connectivity index (χ3v) is 0.815. The molecule has 1 aromatic heterocycles.